The largest absolute Gasteiger partial charge is 0.481 e. The summed E-state index contributed by atoms with van der Waals surface area (Å²) in [4.78, 5) is 20.1. The maximum atomic E-state index is 10.0. The van der Waals surface area contributed by atoms with Gasteiger partial charge in [0.15, 0.2) is 0 Å². The molecule has 0 heterocycles. The van der Waals surface area contributed by atoms with Crippen LogP contribution >= 0.6 is 0 Å². The van der Waals surface area contributed by atoms with Crippen molar-refractivity contribution in [2.75, 3.05) is 0 Å². The van der Waals surface area contributed by atoms with Crippen molar-refractivity contribution < 1.29 is 19.8 Å². The second-order valence-electron chi connectivity index (χ2n) is 14.6. The first kappa shape index (κ1) is 51.7. The zero-order chi connectivity index (χ0) is 38.4. The molecule has 2 N–H and O–H groups in total. The molecule has 4 nitrogen and oxygen atoms in total. The summed E-state index contributed by atoms with van der Waals surface area (Å²) in [6.45, 7) is 22.1. The van der Waals surface area contributed by atoms with Gasteiger partial charge in [-0.25, -0.2) is 0 Å². The third kappa shape index (κ3) is 49.8. The van der Waals surface area contributed by atoms with E-state index in [-0.39, 0.29) is 0 Å². The summed E-state index contributed by atoms with van der Waals surface area (Å²) < 4.78 is 0. The average molecular weight is 699 g/mol. The molecular formula is C46H82O4. The van der Waals surface area contributed by atoms with Crippen LogP contribution in [-0.2, 0) is 9.59 Å². The Morgan fingerprint density at radius 3 is 0.880 bits per heavy atom. The van der Waals surface area contributed by atoms with E-state index < -0.39 is 11.9 Å². The quantitative estimate of drug-likeness (QED) is 0.0661. The molecule has 0 amide bonds. The van der Waals surface area contributed by atoms with E-state index in [0.717, 1.165) is 25.7 Å². The maximum Gasteiger partial charge on any atom is 0.303 e. The molecule has 0 atom stereocenters. The van der Waals surface area contributed by atoms with Crippen LogP contribution in [0.25, 0.3) is 0 Å². The van der Waals surface area contributed by atoms with Gasteiger partial charge in [0.1, 0.15) is 0 Å². The lowest BCUT2D eigenvalue weighted by molar-refractivity contribution is -0.138. The number of allylic oxidation sites excluding steroid dienone is 12. The Labute approximate surface area is 311 Å². The topological polar surface area (TPSA) is 74.6 Å². The molecule has 0 aliphatic rings. The second-order valence-corrected chi connectivity index (χ2v) is 14.6. The molecule has 0 aromatic rings. The van der Waals surface area contributed by atoms with Crippen LogP contribution in [0.2, 0.25) is 0 Å². The van der Waals surface area contributed by atoms with E-state index in [1.807, 2.05) is 0 Å². The predicted molar refractivity (Wildman–Crippen MR) is 222 cm³/mol. The van der Waals surface area contributed by atoms with Gasteiger partial charge in [0.25, 0.3) is 0 Å². The minimum atomic E-state index is -0.670. The minimum absolute atomic E-state index is 0.337. The van der Waals surface area contributed by atoms with Gasteiger partial charge in [-0.05, 0) is 132 Å². The molecule has 0 fully saturated rings. The summed E-state index contributed by atoms with van der Waals surface area (Å²) in [5, 5.41) is 16.5. The van der Waals surface area contributed by atoms with Gasteiger partial charge in [-0.2, -0.15) is 0 Å². The first-order valence-corrected chi connectivity index (χ1v) is 20.1. The molecule has 0 aliphatic heterocycles. The van der Waals surface area contributed by atoms with Gasteiger partial charge in [-0.15, -0.1) is 0 Å². The third-order valence-electron chi connectivity index (χ3n) is 8.39. The lowest BCUT2D eigenvalue weighted by Gasteiger charge is -2.02. The highest BCUT2D eigenvalue weighted by atomic mass is 16.4. The maximum absolute atomic E-state index is 10.0. The molecular weight excluding hydrogens is 617 g/mol. The fourth-order valence-corrected chi connectivity index (χ4v) is 5.10. The van der Waals surface area contributed by atoms with Gasteiger partial charge in [0, 0.05) is 12.8 Å². The summed E-state index contributed by atoms with van der Waals surface area (Å²) in [5.74, 6) is -1.34. The molecule has 0 saturated carbocycles. The Morgan fingerprint density at radius 1 is 0.360 bits per heavy atom. The SMILES string of the molecule is CC(C)=CCC/C(C)=C/CC/C(C)=C/CC/C=C(\C)CC/C=C(\C)CCC=C(C)C.CCCCCCCC(=O)O.CCCCCCCC(=O)O. The summed E-state index contributed by atoms with van der Waals surface area (Å²) >= 11 is 0. The number of aliphatic carboxylic acids is 2. The van der Waals surface area contributed by atoms with E-state index in [4.69, 9.17) is 10.2 Å². The van der Waals surface area contributed by atoms with E-state index in [1.54, 1.807) is 0 Å². The van der Waals surface area contributed by atoms with Crippen LogP contribution in [0.5, 0.6) is 0 Å². The summed E-state index contributed by atoms with van der Waals surface area (Å²) in [6, 6.07) is 0. The van der Waals surface area contributed by atoms with Crippen molar-refractivity contribution in [1.29, 1.82) is 0 Å². The molecule has 0 bridgehead atoms. The molecule has 0 rings (SSSR count). The number of unbranched alkanes of at least 4 members (excludes halogenated alkanes) is 9. The molecule has 0 radical (unpaired) electrons. The lowest BCUT2D eigenvalue weighted by Crippen LogP contribution is -1.93. The molecule has 0 aliphatic carbocycles. The molecule has 50 heavy (non-hydrogen) atoms. The highest BCUT2D eigenvalue weighted by Crippen LogP contribution is 2.15. The van der Waals surface area contributed by atoms with Crippen LogP contribution in [0, 0.1) is 0 Å². The van der Waals surface area contributed by atoms with Gasteiger partial charge >= 0.3 is 11.9 Å². The number of carboxylic acids is 2. The van der Waals surface area contributed by atoms with Crippen molar-refractivity contribution in [2.45, 2.75) is 210 Å². The van der Waals surface area contributed by atoms with Crippen molar-refractivity contribution in [2.24, 2.45) is 0 Å². The minimum Gasteiger partial charge on any atom is -0.481 e. The average Bonchev–Trinajstić information content (AvgIpc) is 3.03. The van der Waals surface area contributed by atoms with Gasteiger partial charge in [0.2, 0.25) is 0 Å². The monoisotopic (exact) mass is 699 g/mol. The predicted octanol–water partition coefficient (Wildman–Crippen LogP) is 15.5. The van der Waals surface area contributed by atoms with Crippen LogP contribution < -0.4 is 0 Å². The normalized spacial score (nSPS) is 12.0. The summed E-state index contributed by atoms with van der Waals surface area (Å²) in [6.07, 6.45) is 38.0. The van der Waals surface area contributed by atoms with Crippen LogP contribution in [0.1, 0.15) is 210 Å². The molecule has 4 heteroatoms. The summed E-state index contributed by atoms with van der Waals surface area (Å²) in [5.41, 5.74) is 8.97. The van der Waals surface area contributed by atoms with E-state index in [0.29, 0.717) is 12.8 Å². The first-order valence-electron chi connectivity index (χ1n) is 20.1. The number of carbonyl (C=O) groups is 2. The second kappa shape index (κ2) is 39.2. The number of hydrogen-bond acceptors (Lipinski definition) is 2. The van der Waals surface area contributed by atoms with Crippen LogP contribution in [0.3, 0.4) is 0 Å². The van der Waals surface area contributed by atoms with Crippen LogP contribution in [0.4, 0.5) is 0 Å². The fraction of sp³-hybridized carbons (Fsp3) is 0.696. The Morgan fingerprint density at radius 2 is 0.620 bits per heavy atom. The fourth-order valence-electron chi connectivity index (χ4n) is 5.10. The zero-order valence-electron chi connectivity index (χ0n) is 34.7. The molecule has 0 aromatic carbocycles. The Balaban J connectivity index is -0.000000893. The molecule has 0 saturated heterocycles. The van der Waals surface area contributed by atoms with Gasteiger partial charge in [-0.3, -0.25) is 9.59 Å². The third-order valence-corrected chi connectivity index (χ3v) is 8.39. The van der Waals surface area contributed by atoms with Crippen molar-refractivity contribution in [3.63, 3.8) is 0 Å². The van der Waals surface area contributed by atoms with Gasteiger partial charge in [-0.1, -0.05) is 135 Å². The Bertz CT molecular complexity index is 929. The van der Waals surface area contributed by atoms with Crippen molar-refractivity contribution in [1.82, 2.24) is 0 Å². The number of carboxylic acid groups (broad SMARTS) is 2. The number of hydrogen-bond donors (Lipinski definition) is 2. The molecule has 0 unspecified atom stereocenters. The first-order chi connectivity index (χ1) is 23.7. The molecule has 0 aromatic heterocycles. The summed E-state index contributed by atoms with van der Waals surface area (Å²) in [7, 11) is 0. The lowest BCUT2D eigenvalue weighted by atomic mass is 10.0. The molecule has 290 valence electrons. The van der Waals surface area contributed by atoms with Crippen molar-refractivity contribution in [3.05, 3.63) is 69.9 Å². The molecule has 0 spiro atoms. The standard InChI is InChI=1S/C30H50.2C8H16O2/c1-25(2)15-11-19-29(7)23-13-21-27(5)17-9-10-18-28(6)22-14-24-30(8)20-12-16-26(3)4;2*1-2-3-4-5-6-7-8(9)10/h15-18,23-24H,9-14,19-22H2,1-8H3;2*2-7H2,1H3,(H,9,10)/b27-17+,28-18+,29-23+,30-24+;;. The highest BCUT2D eigenvalue weighted by Gasteiger charge is 1.97. The van der Waals surface area contributed by atoms with E-state index >= 15 is 0 Å². The smallest absolute Gasteiger partial charge is 0.303 e. The van der Waals surface area contributed by atoms with E-state index in [9.17, 15) is 9.59 Å². The Hall–Kier alpha value is -2.62. The van der Waals surface area contributed by atoms with Crippen molar-refractivity contribution >= 4 is 11.9 Å². The van der Waals surface area contributed by atoms with Gasteiger partial charge < -0.3 is 10.2 Å². The zero-order valence-corrected chi connectivity index (χ0v) is 34.7. The number of rotatable bonds is 27. The van der Waals surface area contributed by atoms with Crippen LogP contribution in [-0.4, -0.2) is 22.2 Å². The van der Waals surface area contributed by atoms with E-state index in [2.05, 4.69) is 106 Å². The van der Waals surface area contributed by atoms with Gasteiger partial charge in [0.05, 0.1) is 0 Å². The van der Waals surface area contributed by atoms with Crippen LogP contribution in [0.15, 0.2) is 69.9 Å². The van der Waals surface area contributed by atoms with Crippen molar-refractivity contribution in [3.8, 4) is 0 Å². The highest BCUT2D eigenvalue weighted by molar-refractivity contribution is 5.66. The van der Waals surface area contributed by atoms with E-state index in [1.165, 1.54) is 136 Å². The Kier molecular flexibility index (Phi) is 40.5.